The van der Waals surface area contributed by atoms with Gasteiger partial charge in [0.05, 0.1) is 6.10 Å². The Morgan fingerprint density at radius 1 is 1.40 bits per heavy atom. The maximum absolute atomic E-state index is 9.86. The molecule has 1 aromatic carbocycles. The van der Waals surface area contributed by atoms with Crippen LogP contribution in [-0.2, 0) is 11.2 Å². The van der Waals surface area contributed by atoms with E-state index in [0.29, 0.717) is 0 Å². The van der Waals surface area contributed by atoms with Gasteiger partial charge in [-0.3, -0.25) is 4.79 Å². The van der Waals surface area contributed by atoms with Crippen LogP contribution in [0.4, 0.5) is 0 Å². The zero-order valence-electron chi connectivity index (χ0n) is 8.55. The molecule has 4 heteroatoms. The van der Waals surface area contributed by atoms with E-state index < -0.39 is 18.1 Å². The lowest BCUT2D eigenvalue weighted by atomic mass is 10.2. The van der Waals surface area contributed by atoms with Crippen LogP contribution < -0.4 is 5.73 Å². The van der Waals surface area contributed by atoms with E-state index >= 15 is 0 Å². The zero-order valence-corrected chi connectivity index (χ0v) is 8.55. The lowest BCUT2D eigenvalue weighted by Gasteiger charge is -2.06. The van der Waals surface area contributed by atoms with Crippen LogP contribution in [0, 0.1) is 0 Å². The minimum atomic E-state index is -1.18. The number of carboxylic acids is 1. The molecule has 0 radical (unpaired) electrons. The predicted molar refractivity (Wildman–Crippen MR) is 56.5 cm³/mol. The fourth-order valence-corrected chi connectivity index (χ4v) is 1.04. The van der Waals surface area contributed by atoms with Crippen molar-refractivity contribution >= 4 is 5.97 Å². The summed E-state index contributed by atoms with van der Waals surface area (Å²) in [5.41, 5.74) is 7.97. The molecular formula is C11H15NO3. The molecule has 0 aromatic heterocycles. The quantitative estimate of drug-likeness (QED) is 0.667. The number of hydrogen-bond acceptors (Lipinski definition) is 3. The lowest BCUT2D eigenvalue weighted by molar-refractivity contribution is -0.140. The Morgan fingerprint density at radius 2 is 1.87 bits per heavy atom. The van der Waals surface area contributed by atoms with E-state index in [4.69, 9.17) is 15.9 Å². The number of hydrogen-bond donors (Lipinski definition) is 3. The topological polar surface area (TPSA) is 83.5 Å². The molecule has 1 aliphatic carbocycles. The highest BCUT2D eigenvalue weighted by atomic mass is 16.4. The summed E-state index contributed by atoms with van der Waals surface area (Å²) in [5.74, 6) is -1.18. The third-order valence-corrected chi connectivity index (χ3v) is 2.18. The molecule has 82 valence electrons. The van der Waals surface area contributed by atoms with E-state index in [1.54, 1.807) is 0 Å². The third kappa shape index (κ3) is 3.69. The first-order chi connectivity index (χ1) is 7.02. The van der Waals surface area contributed by atoms with E-state index in [1.165, 1.54) is 24.5 Å². The first-order valence-electron chi connectivity index (χ1n) is 4.75. The summed E-state index contributed by atoms with van der Waals surface area (Å²) in [6, 6.07) is 7.37. The molecule has 1 aliphatic rings. The third-order valence-electron chi connectivity index (χ3n) is 2.18. The van der Waals surface area contributed by atoms with Gasteiger partial charge in [-0.25, -0.2) is 0 Å². The number of nitrogens with two attached hydrogens (primary N) is 1. The smallest absolute Gasteiger partial charge is 0.323 e. The summed E-state index contributed by atoms with van der Waals surface area (Å²) in [6.45, 7) is 1.33. The molecule has 0 aliphatic heterocycles. The molecule has 4 nitrogen and oxygen atoms in total. The molecule has 0 fully saturated rings. The van der Waals surface area contributed by atoms with Crippen LogP contribution >= 0.6 is 0 Å². The Labute approximate surface area is 88.3 Å². The van der Waals surface area contributed by atoms with Gasteiger partial charge in [-0.05, 0) is 24.5 Å². The van der Waals surface area contributed by atoms with E-state index in [9.17, 15) is 4.79 Å². The van der Waals surface area contributed by atoms with Crippen molar-refractivity contribution in [3.63, 3.8) is 0 Å². The molecule has 0 spiro atoms. The lowest BCUT2D eigenvalue weighted by Crippen LogP contribution is -2.39. The number of benzene rings is 1. The summed E-state index contributed by atoms with van der Waals surface area (Å²) in [7, 11) is 0. The first kappa shape index (κ1) is 11.7. The highest BCUT2D eigenvalue weighted by Gasteiger charge is 2.16. The Balaban J connectivity index is 0.000000150. The molecule has 0 bridgehead atoms. The molecule has 1 aromatic rings. The van der Waals surface area contributed by atoms with Gasteiger partial charge in [-0.15, -0.1) is 0 Å². The van der Waals surface area contributed by atoms with Crippen molar-refractivity contribution in [3.05, 3.63) is 35.4 Å². The largest absolute Gasteiger partial charge is 0.480 e. The van der Waals surface area contributed by atoms with Crippen LogP contribution in [0.1, 0.15) is 18.1 Å². The molecule has 4 N–H and O–H groups in total. The van der Waals surface area contributed by atoms with Crippen LogP contribution in [0.25, 0.3) is 0 Å². The van der Waals surface area contributed by atoms with Crippen LogP contribution in [-0.4, -0.2) is 28.3 Å². The summed E-state index contributed by atoms with van der Waals surface area (Å²) < 4.78 is 0. The van der Waals surface area contributed by atoms with Crippen molar-refractivity contribution in [2.24, 2.45) is 5.73 Å². The van der Waals surface area contributed by atoms with Crippen LogP contribution in [0.5, 0.6) is 0 Å². The molecular weight excluding hydrogens is 194 g/mol. The molecule has 0 heterocycles. The Bertz CT molecular complexity index is 328. The average Bonchev–Trinajstić information content (AvgIpc) is 2.95. The minimum absolute atomic E-state index is 0.979. The highest BCUT2D eigenvalue weighted by Crippen LogP contribution is 2.25. The van der Waals surface area contributed by atoms with E-state index in [1.807, 2.05) is 0 Å². The molecule has 0 unspecified atom stereocenters. The van der Waals surface area contributed by atoms with Crippen molar-refractivity contribution in [1.82, 2.24) is 0 Å². The molecule has 15 heavy (non-hydrogen) atoms. The fraction of sp³-hybridized carbons (Fsp3) is 0.364. The van der Waals surface area contributed by atoms with Gasteiger partial charge in [0.1, 0.15) is 6.04 Å². The SMILES string of the molecule is C[C@H](O)[C@@H](N)C(=O)O.c1ccc2c(c1)C2. The Morgan fingerprint density at radius 3 is 2.07 bits per heavy atom. The second-order valence-electron chi connectivity index (χ2n) is 3.55. The summed E-state index contributed by atoms with van der Waals surface area (Å²) in [6.07, 6.45) is 0.264. The highest BCUT2D eigenvalue weighted by molar-refractivity contribution is 5.73. The molecule has 2 atom stereocenters. The predicted octanol–water partition coefficient (Wildman–Crippen LogP) is 0.370. The van der Waals surface area contributed by atoms with Crippen LogP contribution in [0.15, 0.2) is 24.3 Å². The first-order valence-corrected chi connectivity index (χ1v) is 4.75. The fourth-order valence-electron chi connectivity index (χ4n) is 1.04. The summed E-state index contributed by atoms with van der Waals surface area (Å²) in [5, 5.41) is 16.6. The van der Waals surface area contributed by atoms with Gasteiger partial charge in [0.2, 0.25) is 0 Å². The standard InChI is InChI=1S/C7H6.C4H9NO3/c1-2-4-7-5-6(7)3-1;1-2(6)3(5)4(7)8/h1-4H,5H2;2-3,6H,5H2,1H3,(H,7,8)/t;2-,3+/m.0/s1. The van der Waals surface area contributed by atoms with Crippen molar-refractivity contribution < 1.29 is 15.0 Å². The average molecular weight is 209 g/mol. The second-order valence-corrected chi connectivity index (χ2v) is 3.55. The molecule has 2 rings (SSSR count). The van der Waals surface area contributed by atoms with Gasteiger partial charge in [0, 0.05) is 0 Å². The van der Waals surface area contributed by atoms with Gasteiger partial charge in [-0.1, -0.05) is 24.3 Å². The summed E-state index contributed by atoms with van der Waals surface area (Å²) >= 11 is 0. The van der Waals surface area contributed by atoms with E-state index in [2.05, 4.69) is 24.3 Å². The Hall–Kier alpha value is -1.39. The number of aliphatic hydroxyl groups excluding tert-OH is 1. The van der Waals surface area contributed by atoms with Gasteiger partial charge < -0.3 is 15.9 Å². The maximum atomic E-state index is 9.86. The van der Waals surface area contributed by atoms with E-state index in [0.717, 1.165) is 0 Å². The van der Waals surface area contributed by atoms with E-state index in [-0.39, 0.29) is 0 Å². The van der Waals surface area contributed by atoms with Crippen molar-refractivity contribution in [2.45, 2.75) is 25.5 Å². The zero-order chi connectivity index (χ0) is 11.4. The summed E-state index contributed by atoms with van der Waals surface area (Å²) in [4.78, 5) is 9.86. The number of carbonyl (C=O) groups is 1. The van der Waals surface area contributed by atoms with Crippen molar-refractivity contribution in [1.29, 1.82) is 0 Å². The van der Waals surface area contributed by atoms with Gasteiger partial charge in [0.25, 0.3) is 0 Å². The van der Waals surface area contributed by atoms with Crippen LogP contribution in [0.3, 0.4) is 0 Å². The monoisotopic (exact) mass is 209 g/mol. The number of aliphatic carboxylic acids is 1. The second kappa shape index (κ2) is 4.91. The van der Waals surface area contributed by atoms with Gasteiger partial charge >= 0.3 is 5.97 Å². The van der Waals surface area contributed by atoms with Crippen molar-refractivity contribution in [2.75, 3.05) is 0 Å². The molecule has 0 saturated carbocycles. The van der Waals surface area contributed by atoms with Crippen LogP contribution in [0.2, 0.25) is 0 Å². The Kier molecular flexibility index (Phi) is 3.82. The maximum Gasteiger partial charge on any atom is 0.323 e. The number of carboxylic acid groups (broad SMARTS) is 1. The number of fused-ring (bicyclic) bond motifs is 1. The molecule has 0 saturated heterocycles. The number of rotatable bonds is 2. The minimum Gasteiger partial charge on any atom is -0.480 e. The van der Waals surface area contributed by atoms with Crippen molar-refractivity contribution in [3.8, 4) is 0 Å². The molecule has 0 amide bonds. The van der Waals surface area contributed by atoms with Gasteiger partial charge in [-0.2, -0.15) is 0 Å². The normalized spacial score (nSPS) is 15.4. The number of aliphatic hydroxyl groups is 1. The van der Waals surface area contributed by atoms with Gasteiger partial charge in [0.15, 0.2) is 0 Å².